The topological polar surface area (TPSA) is 52.6 Å². The molecule has 1 atom stereocenters. The maximum atomic E-state index is 11.3. The second-order valence-corrected chi connectivity index (χ2v) is 3.69. The van der Waals surface area contributed by atoms with Crippen LogP contribution < -0.4 is 0 Å². The summed E-state index contributed by atoms with van der Waals surface area (Å²) in [6, 6.07) is 0. The predicted octanol–water partition coefficient (Wildman–Crippen LogP) is 2.28. The lowest BCUT2D eigenvalue weighted by Crippen LogP contribution is -2.24. The fraction of sp³-hybridized carbons (Fsp3) is 0.818. The first kappa shape index (κ1) is 15.2. The van der Waals surface area contributed by atoms with Crippen molar-refractivity contribution in [2.45, 2.75) is 45.6 Å². The molecule has 5 heteroatoms. The van der Waals surface area contributed by atoms with E-state index in [0.717, 1.165) is 12.8 Å². The van der Waals surface area contributed by atoms with Gasteiger partial charge in [0.2, 0.25) is 0 Å². The highest BCUT2D eigenvalue weighted by Gasteiger charge is 2.17. The highest BCUT2D eigenvalue weighted by Crippen LogP contribution is 2.06. The molecule has 0 aliphatic carbocycles. The minimum absolute atomic E-state index is 0.0230. The van der Waals surface area contributed by atoms with E-state index in [-0.39, 0.29) is 18.3 Å². The first-order chi connectivity index (χ1) is 7.63. The van der Waals surface area contributed by atoms with Crippen LogP contribution in [0.4, 0.5) is 0 Å². The van der Waals surface area contributed by atoms with Gasteiger partial charge in [-0.05, 0) is 13.3 Å². The molecule has 4 nitrogen and oxygen atoms in total. The van der Waals surface area contributed by atoms with Crippen LogP contribution in [0.5, 0.6) is 0 Å². The molecule has 1 unspecified atom stereocenters. The minimum Gasteiger partial charge on any atom is -0.466 e. The van der Waals surface area contributed by atoms with Gasteiger partial charge in [-0.15, -0.1) is 11.6 Å². The molecule has 0 aromatic rings. The largest absolute Gasteiger partial charge is 0.466 e. The molecule has 0 heterocycles. The van der Waals surface area contributed by atoms with Crippen LogP contribution in [0.1, 0.15) is 39.5 Å². The molecule has 0 aromatic carbocycles. The number of carbonyl (C=O) groups is 2. The fourth-order valence-corrected chi connectivity index (χ4v) is 1.27. The van der Waals surface area contributed by atoms with E-state index in [1.54, 1.807) is 6.92 Å². The second-order valence-electron chi connectivity index (χ2n) is 3.38. The molecule has 0 spiro atoms. The molecular formula is C11H19ClO4. The van der Waals surface area contributed by atoms with Gasteiger partial charge < -0.3 is 9.47 Å². The summed E-state index contributed by atoms with van der Waals surface area (Å²) in [4.78, 5) is 22.4. The smallest absolute Gasteiger partial charge is 0.309 e. The Hall–Kier alpha value is -0.770. The SMILES string of the molecule is CCCCC(=O)OC(CCl)CC(=O)OCC. The summed E-state index contributed by atoms with van der Waals surface area (Å²) in [5, 5.41) is 0. The molecule has 0 amide bonds. The van der Waals surface area contributed by atoms with Crippen molar-refractivity contribution in [3.05, 3.63) is 0 Å². The molecule has 0 N–H and O–H groups in total. The highest BCUT2D eigenvalue weighted by atomic mass is 35.5. The lowest BCUT2D eigenvalue weighted by Gasteiger charge is -2.14. The third kappa shape index (κ3) is 7.51. The van der Waals surface area contributed by atoms with E-state index in [1.807, 2.05) is 6.92 Å². The molecule has 0 radical (unpaired) electrons. The Balaban J connectivity index is 3.90. The third-order valence-corrected chi connectivity index (χ3v) is 2.25. The zero-order valence-electron chi connectivity index (χ0n) is 9.83. The number of carbonyl (C=O) groups excluding carboxylic acids is 2. The maximum Gasteiger partial charge on any atom is 0.309 e. The number of rotatable bonds is 8. The average molecular weight is 251 g/mol. The minimum atomic E-state index is -0.579. The second kappa shape index (κ2) is 9.46. The molecule has 0 bridgehead atoms. The van der Waals surface area contributed by atoms with Gasteiger partial charge in [0.15, 0.2) is 0 Å². The van der Waals surface area contributed by atoms with E-state index < -0.39 is 12.1 Å². The van der Waals surface area contributed by atoms with Gasteiger partial charge in [0.05, 0.1) is 18.9 Å². The summed E-state index contributed by atoms with van der Waals surface area (Å²) in [5.41, 5.74) is 0. The van der Waals surface area contributed by atoms with Crippen molar-refractivity contribution in [3.8, 4) is 0 Å². The fourth-order valence-electron chi connectivity index (χ4n) is 1.10. The normalized spacial score (nSPS) is 11.9. The first-order valence-electron chi connectivity index (χ1n) is 5.55. The van der Waals surface area contributed by atoms with Crippen molar-refractivity contribution in [2.24, 2.45) is 0 Å². The van der Waals surface area contributed by atoms with Gasteiger partial charge in [-0.25, -0.2) is 0 Å². The summed E-state index contributed by atoms with van der Waals surface area (Å²) in [6.07, 6.45) is 1.53. The van der Waals surface area contributed by atoms with Gasteiger partial charge in [0.1, 0.15) is 6.10 Å². The van der Waals surface area contributed by atoms with E-state index in [4.69, 9.17) is 21.1 Å². The molecule has 0 saturated carbocycles. The van der Waals surface area contributed by atoms with E-state index >= 15 is 0 Å². The first-order valence-corrected chi connectivity index (χ1v) is 6.08. The molecule has 0 fully saturated rings. The van der Waals surface area contributed by atoms with Crippen molar-refractivity contribution >= 4 is 23.5 Å². The Morgan fingerprint density at radius 2 is 1.94 bits per heavy atom. The van der Waals surface area contributed by atoms with Crippen LogP contribution in [0, 0.1) is 0 Å². The van der Waals surface area contributed by atoms with E-state index in [2.05, 4.69) is 0 Å². The van der Waals surface area contributed by atoms with Gasteiger partial charge in [-0.3, -0.25) is 9.59 Å². The molecule has 94 valence electrons. The van der Waals surface area contributed by atoms with Crippen LogP contribution in [0.25, 0.3) is 0 Å². The Labute approximate surface area is 101 Å². The number of alkyl halides is 1. The number of unbranched alkanes of at least 4 members (excludes halogenated alkanes) is 1. The highest BCUT2D eigenvalue weighted by molar-refractivity contribution is 6.18. The number of ether oxygens (including phenoxy) is 2. The molecule has 0 aliphatic heterocycles. The number of esters is 2. The Morgan fingerprint density at radius 1 is 1.25 bits per heavy atom. The molecule has 0 aromatic heterocycles. The standard InChI is InChI=1S/C11H19ClO4/c1-3-5-6-10(13)16-9(8-12)7-11(14)15-4-2/h9H,3-8H2,1-2H3. The zero-order valence-corrected chi connectivity index (χ0v) is 10.6. The molecule has 0 saturated heterocycles. The summed E-state index contributed by atoms with van der Waals surface area (Å²) < 4.78 is 9.80. The van der Waals surface area contributed by atoms with Crippen LogP contribution >= 0.6 is 11.6 Å². The lowest BCUT2D eigenvalue weighted by molar-refractivity contribution is -0.153. The molecule has 0 rings (SSSR count). The summed E-state index contributed by atoms with van der Waals surface area (Å²) in [6.45, 7) is 4.03. The maximum absolute atomic E-state index is 11.3. The quantitative estimate of drug-likeness (QED) is 0.490. The number of hydrogen-bond donors (Lipinski definition) is 0. The molecule has 16 heavy (non-hydrogen) atoms. The zero-order chi connectivity index (χ0) is 12.4. The van der Waals surface area contributed by atoms with Crippen LogP contribution in [0.15, 0.2) is 0 Å². The Bertz CT molecular complexity index is 218. The summed E-state index contributed by atoms with van der Waals surface area (Å²) in [5.74, 6) is -0.593. The molecular weight excluding hydrogens is 232 g/mol. The lowest BCUT2D eigenvalue weighted by atomic mass is 10.2. The third-order valence-electron chi connectivity index (χ3n) is 1.90. The summed E-state index contributed by atoms with van der Waals surface area (Å²) >= 11 is 5.60. The monoisotopic (exact) mass is 250 g/mol. The van der Waals surface area contributed by atoms with Gasteiger partial charge >= 0.3 is 11.9 Å². The number of halogens is 1. The van der Waals surface area contributed by atoms with Crippen molar-refractivity contribution in [1.29, 1.82) is 0 Å². The number of hydrogen-bond acceptors (Lipinski definition) is 4. The Morgan fingerprint density at radius 3 is 2.44 bits per heavy atom. The van der Waals surface area contributed by atoms with E-state index in [1.165, 1.54) is 0 Å². The summed E-state index contributed by atoms with van der Waals surface area (Å²) in [7, 11) is 0. The van der Waals surface area contributed by atoms with E-state index in [0.29, 0.717) is 13.0 Å². The van der Waals surface area contributed by atoms with Crippen LogP contribution in [-0.4, -0.2) is 30.5 Å². The van der Waals surface area contributed by atoms with Crippen molar-refractivity contribution in [2.75, 3.05) is 12.5 Å². The van der Waals surface area contributed by atoms with Crippen molar-refractivity contribution in [3.63, 3.8) is 0 Å². The van der Waals surface area contributed by atoms with Crippen molar-refractivity contribution < 1.29 is 19.1 Å². The van der Waals surface area contributed by atoms with Gasteiger partial charge in [-0.1, -0.05) is 13.3 Å². The predicted molar refractivity (Wildman–Crippen MR) is 61.4 cm³/mol. The van der Waals surface area contributed by atoms with Crippen LogP contribution in [-0.2, 0) is 19.1 Å². The van der Waals surface area contributed by atoms with Gasteiger partial charge in [0, 0.05) is 6.42 Å². The van der Waals surface area contributed by atoms with Gasteiger partial charge in [-0.2, -0.15) is 0 Å². The van der Waals surface area contributed by atoms with Gasteiger partial charge in [0.25, 0.3) is 0 Å². The molecule has 0 aliphatic rings. The van der Waals surface area contributed by atoms with Crippen LogP contribution in [0.3, 0.4) is 0 Å². The average Bonchev–Trinajstić information content (AvgIpc) is 2.25. The van der Waals surface area contributed by atoms with E-state index in [9.17, 15) is 9.59 Å². The van der Waals surface area contributed by atoms with Crippen LogP contribution in [0.2, 0.25) is 0 Å². The van der Waals surface area contributed by atoms with Crippen molar-refractivity contribution in [1.82, 2.24) is 0 Å². The Kier molecular flexibility index (Phi) is 9.00.